The van der Waals surface area contributed by atoms with Crippen molar-refractivity contribution in [2.75, 3.05) is 5.32 Å². The van der Waals surface area contributed by atoms with Gasteiger partial charge in [-0.1, -0.05) is 6.07 Å². The van der Waals surface area contributed by atoms with Crippen molar-refractivity contribution in [3.05, 3.63) is 48.2 Å². The summed E-state index contributed by atoms with van der Waals surface area (Å²) in [4.78, 5) is 20.0. The van der Waals surface area contributed by atoms with E-state index in [4.69, 9.17) is 0 Å². The molecule has 0 radical (unpaired) electrons. The summed E-state index contributed by atoms with van der Waals surface area (Å²) in [7, 11) is 0. The zero-order valence-corrected chi connectivity index (χ0v) is 12.1. The molecule has 1 aromatic carbocycles. The Bertz CT molecular complexity index is 635. The Balaban J connectivity index is 2.07. The smallest absolute Gasteiger partial charge is 0.271 e. The molecule has 2 N–H and O–H groups in total. The van der Waals surface area contributed by atoms with Crippen molar-refractivity contribution in [2.45, 2.75) is 26.3 Å². The van der Waals surface area contributed by atoms with Crippen molar-refractivity contribution in [3.8, 4) is 0 Å². The summed E-state index contributed by atoms with van der Waals surface area (Å²) in [6.45, 7) is 5.66. The first kappa shape index (κ1) is 14.9. The lowest BCUT2D eigenvalue weighted by Gasteiger charge is -2.19. The van der Waals surface area contributed by atoms with Crippen LogP contribution in [0.1, 0.15) is 31.3 Å². The number of carbonyl (C=O) groups excluding carboxylic acids is 1. The minimum Gasteiger partial charge on any atom is -0.346 e. The number of anilines is 2. The Morgan fingerprint density at radius 1 is 1.19 bits per heavy atom. The van der Waals surface area contributed by atoms with Crippen molar-refractivity contribution in [3.63, 3.8) is 0 Å². The molecule has 1 amide bonds. The van der Waals surface area contributed by atoms with Gasteiger partial charge >= 0.3 is 0 Å². The number of nitrogens with one attached hydrogen (secondary N) is 2. The number of hydrogen-bond donors (Lipinski definition) is 2. The van der Waals surface area contributed by atoms with Crippen molar-refractivity contribution >= 4 is 17.4 Å². The SMILES string of the molecule is CC(C)(C)NC(=O)c1cnc(Nc2cccc(F)c2)cn1. The fourth-order valence-corrected chi connectivity index (χ4v) is 1.63. The Kier molecular flexibility index (Phi) is 4.16. The van der Waals surface area contributed by atoms with Gasteiger partial charge in [-0.3, -0.25) is 4.79 Å². The lowest BCUT2D eigenvalue weighted by molar-refractivity contribution is 0.0914. The molecule has 2 aromatic rings. The largest absolute Gasteiger partial charge is 0.346 e. The maximum absolute atomic E-state index is 13.1. The molecular weight excluding hydrogens is 271 g/mol. The van der Waals surface area contributed by atoms with Gasteiger partial charge in [-0.05, 0) is 39.0 Å². The molecule has 21 heavy (non-hydrogen) atoms. The van der Waals surface area contributed by atoms with E-state index in [0.717, 1.165) is 0 Å². The second-order valence-electron chi connectivity index (χ2n) is 5.63. The van der Waals surface area contributed by atoms with Crippen LogP contribution < -0.4 is 10.6 Å². The number of hydrogen-bond acceptors (Lipinski definition) is 4. The summed E-state index contributed by atoms with van der Waals surface area (Å²) in [6.07, 6.45) is 2.81. The van der Waals surface area contributed by atoms with Crippen LogP contribution in [0.2, 0.25) is 0 Å². The van der Waals surface area contributed by atoms with E-state index in [2.05, 4.69) is 20.6 Å². The van der Waals surface area contributed by atoms with Gasteiger partial charge in [0.25, 0.3) is 5.91 Å². The molecule has 0 unspecified atom stereocenters. The number of amides is 1. The van der Waals surface area contributed by atoms with Gasteiger partial charge in [-0.2, -0.15) is 0 Å². The normalized spacial score (nSPS) is 11.0. The Hall–Kier alpha value is -2.50. The molecule has 0 bridgehead atoms. The summed E-state index contributed by atoms with van der Waals surface area (Å²) in [5, 5.41) is 5.71. The fraction of sp³-hybridized carbons (Fsp3) is 0.267. The topological polar surface area (TPSA) is 66.9 Å². The lowest BCUT2D eigenvalue weighted by Crippen LogP contribution is -2.40. The zero-order valence-electron chi connectivity index (χ0n) is 12.1. The summed E-state index contributed by atoms with van der Waals surface area (Å²) < 4.78 is 13.1. The summed E-state index contributed by atoms with van der Waals surface area (Å²) in [5.41, 5.74) is 0.461. The fourth-order valence-electron chi connectivity index (χ4n) is 1.63. The van der Waals surface area contributed by atoms with Gasteiger partial charge in [0.05, 0.1) is 12.4 Å². The van der Waals surface area contributed by atoms with E-state index in [1.807, 2.05) is 20.8 Å². The highest BCUT2D eigenvalue weighted by Crippen LogP contribution is 2.14. The Morgan fingerprint density at radius 2 is 1.95 bits per heavy atom. The Labute approximate surface area is 122 Å². The van der Waals surface area contributed by atoms with Crippen LogP contribution in [-0.2, 0) is 0 Å². The van der Waals surface area contributed by atoms with Gasteiger partial charge < -0.3 is 10.6 Å². The van der Waals surface area contributed by atoms with Gasteiger partial charge in [0.15, 0.2) is 0 Å². The molecule has 0 saturated heterocycles. The number of aromatic nitrogens is 2. The first-order valence-electron chi connectivity index (χ1n) is 6.51. The molecule has 0 spiro atoms. The van der Waals surface area contributed by atoms with Gasteiger partial charge in [0, 0.05) is 11.2 Å². The summed E-state index contributed by atoms with van der Waals surface area (Å²) in [5.74, 6) is -0.186. The minimum absolute atomic E-state index is 0.231. The molecule has 2 rings (SSSR count). The third-order valence-corrected chi connectivity index (χ3v) is 2.47. The standard InChI is InChI=1S/C15H17FN4O/c1-15(2,3)20-14(21)12-8-18-13(9-17-12)19-11-6-4-5-10(16)7-11/h4-9H,1-3H3,(H,18,19)(H,20,21). The third kappa shape index (κ3) is 4.52. The van der Waals surface area contributed by atoms with Crippen LogP contribution in [0.5, 0.6) is 0 Å². The van der Waals surface area contributed by atoms with Gasteiger partial charge in [0.2, 0.25) is 0 Å². The quantitative estimate of drug-likeness (QED) is 0.911. The molecule has 110 valence electrons. The molecule has 0 saturated carbocycles. The highest BCUT2D eigenvalue weighted by atomic mass is 19.1. The Morgan fingerprint density at radius 3 is 2.52 bits per heavy atom. The average Bonchev–Trinajstić information content (AvgIpc) is 2.37. The van der Waals surface area contributed by atoms with Crippen molar-refractivity contribution in [1.29, 1.82) is 0 Å². The number of benzene rings is 1. The molecule has 0 aliphatic carbocycles. The van der Waals surface area contributed by atoms with Crippen LogP contribution in [0.15, 0.2) is 36.7 Å². The average molecular weight is 288 g/mol. The zero-order chi connectivity index (χ0) is 15.5. The second kappa shape index (κ2) is 5.87. The van der Waals surface area contributed by atoms with E-state index < -0.39 is 0 Å². The number of carbonyl (C=O) groups is 1. The van der Waals surface area contributed by atoms with Gasteiger partial charge in [0.1, 0.15) is 17.3 Å². The molecule has 1 aromatic heterocycles. The predicted molar refractivity (Wildman–Crippen MR) is 78.9 cm³/mol. The molecule has 0 fully saturated rings. The molecule has 0 atom stereocenters. The van der Waals surface area contributed by atoms with Crippen LogP contribution in [0.4, 0.5) is 15.9 Å². The molecule has 0 aliphatic rings. The summed E-state index contributed by atoms with van der Waals surface area (Å²) in [6, 6.07) is 6.01. The van der Waals surface area contributed by atoms with Crippen LogP contribution in [0.3, 0.4) is 0 Å². The molecule has 0 aliphatic heterocycles. The predicted octanol–water partition coefficient (Wildman–Crippen LogP) is 2.89. The van der Waals surface area contributed by atoms with E-state index in [0.29, 0.717) is 11.5 Å². The lowest BCUT2D eigenvalue weighted by atomic mass is 10.1. The second-order valence-corrected chi connectivity index (χ2v) is 5.63. The highest BCUT2D eigenvalue weighted by molar-refractivity contribution is 5.92. The molecule has 5 nitrogen and oxygen atoms in total. The van der Waals surface area contributed by atoms with Crippen molar-refractivity contribution < 1.29 is 9.18 Å². The number of rotatable bonds is 3. The minimum atomic E-state index is -0.339. The van der Waals surface area contributed by atoms with E-state index in [1.165, 1.54) is 24.5 Å². The maximum Gasteiger partial charge on any atom is 0.271 e. The van der Waals surface area contributed by atoms with Crippen LogP contribution in [0, 0.1) is 5.82 Å². The van der Waals surface area contributed by atoms with E-state index in [1.54, 1.807) is 12.1 Å². The van der Waals surface area contributed by atoms with Crippen molar-refractivity contribution in [2.24, 2.45) is 0 Å². The van der Waals surface area contributed by atoms with E-state index >= 15 is 0 Å². The third-order valence-electron chi connectivity index (χ3n) is 2.47. The first-order chi connectivity index (χ1) is 9.83. The van der Waals surface area contributed by atoms with Crippen molar-refractivity contribution in [1.82, 2.24) is 15.3 Å². The number of nitrogens with zero attached hydrogens (tertiary/aromatic N) is 2. The van der Waals surface area contributed by atoms with E-state index in [-0.39, 0.29) is 23.0 Å². The number of halogens is 1. The van der Waals surface area contributed by atoms with Crippen LogP contribution in [-0.4, -0.2) is 21.4 Å². The monoisotopic (exact) mass is 288 g/mol. The van der Waals surface area contributed by atoms with Crippen LogP contribution in [0.25, 0.3) is 0 Å². The van der Waals surface area contributed by atoms with Gasteiger partial charge in [-0.25, -0.2) is 14.4 Å². The van der Waals surface area contributed by atoms with E-state index in [9.17, 15) is 9.18 Å². The molecular formula is C15H17FN4O. The highest BCUT2D eigenvalue weighted by Gasteiger charge is 2.16. The van der Waals surface area contributed by atoms with Crippen LogP contribution >= 0.6 is 0 Å². The van der Waals surface area contributed by atoms with Gasteiger partial charge in [-0.15, -0.1) is 0 Å². The maximum atomic E-state index is 13.1. The summed E-state index contributed by atoms with van der Waals surface area (Å²) >= 11 is 0. The molecule has 1 heterocycles. The molecule has 6 heteroatoms. The first-order valence-corrected chi connectivity index (χ1v) is 6.51.